The molecule has 0 radical (unpaired) electrons. The number of carboxylic acid groups (broad SMARTS) is 1. The molecule has 0 saturated heterocycles. The smallest absolute Gasteiger partial charge is 0.410 e. The first-order valence-corrected chi connectivity index (χ1v) is 9.99. The molecule has 1 aliphatic heterocycles. The molecule has 8 heteroatoms. The first-order chi connectivity index (χ1) is 14.9. The average molecular weight is 424 g/mol. The van der Waals surface area contributed by atoms with Crippen molar-refractivity contribution < 1.29 is 29.0 Å². The lowest BCUT2D eigenvalue weighted by molar-refractivity contribution is -0.138. The third-order valence-corrected chi connectivity index (χ3v) is 5.25. The molecule has 2 aromatic carbocycles. The summed E-state index contributed by atoms with van der Waals surface area (Å²) >= 11 is 0. The molecule has 0 fully saturated rings. The van der Waals surface area contributed by atoms with Gasteiger partial charge in [0.2, 0.25) is 0 Å². The van der Waals surface area contributed by atoms with E-state index in [4.69, 9.17) is 4.74 Å². The molecule has 0 bridgehead atoms. The second-order valence-electron chi connectivity index (χ2n) is 7.35. The molecule has 162 valence electrons. The summed E-state index contributed by atoms with van der Waals surface area (Å²) < 4.78 is 5.28. The number of carboxylic acids is 1. The van der Waals surface area contributed by atoms with Gasteiger partial charge >= 0.3 is 12.1 Å². The fraction of sp³-hybridized carbons (Fsp3) is 0.304. The summed E-state index contributed by atoms with van der Waals surface area (Å²) in [5.74, 6) is -1.76. The van der Waals surface area contributed by atoms with Gasteiger partial charge in [-0.1, -0.05) is 42.5 Å². The fourth-order valence-corrected chi connectivity index (χ4v) is 3.53. The number of ether oxygens (including phenoxy) is 1. The number of carbonyl (C=O) groups is 4. The predicted octanol–water partition coefficient (Wildman–Crippen LogP) is 3.17. The normalized spacial score (nSPS) is 13.6. The third-order valence-electron chi connectivity index (χ3n) is 5.25. The molecule has 31 heavy (non-hydrogen) atoms. The lowest BCUT2D eigenvalue weighted by atomic mass is 10.1. The van der Waals surface area contributed by atoms with Gasteiger partial charge in [-0.05, 0) is 30.5 Å². The molecular formula is C23H24N2O6. The second kappa shape index (κ2) is 9.88. The van der Waals surface area contributed by atoms with Gasteiger partial charge < -0.3 is 14.7 Å². The number of imide groups is 1. The molecule has 0 aromatic heterocycles. The van der Waals surface area contributed by atoms with E-state index in [2.05, 4.69) is 0 Å². The Kier molecular flexibility index (Phi) is 7.02. The van der Waals surface area contributed by atoms with Crippen molar-refractivity contribution in [1.82, 2.24) is 9.80 Å². The Morgan fingerprint density at radius 3 is 2.16 bits per heavy atom. The summed E-state index contributed by atoms with van der Waals surface area (Å²) in [6.45, 7) is 0.230. The Hall–Kier alpha value is -3.68. The lowest BCUT2D eigenvalue weighted by Gasteiger charge is -2.27. The van der Waals surface area contributed by atoms with E-state index in [9.17, 15) is 24.3 Å². The molecular weight excluding hydrogens is 400 g/mol. The highest BCUT2D eigenvalue weighted by Crippen LogP contribution is 2.23. The van der Waals surface area contributed by atoms with Crippen LogP contribution in [0.5, 0.6) is 0 Å². The fourth-order valence-electron chi connectivity index (χ4n) is 3.53. The lowest BCUT2D eigenvalue weighted by Crippen LogP contribution is -2.39. The number of amides is 3. The zero-order chi connectivity index (χ0) is 22.4. The van der Waals surface area contributed by atoms with Crippen molar-refractivity contribution in [3.05, 3.63) is 71.3 Å². The standard InChI is InChI=1S/C23H24N2O6/c1-24(23(30)31-15-16-8-3-2-4-9-16)17(14-20(26)27)10-7-13-25-21(28)18-11-5-6-12-19(18)22(25)29/h2-6,8-9,11-12,17H,7,10,13-15H2,1H3,(H,26,27)/t17-/m0/s1. The number of carbonyl (C=O) groups excluding carboxylic acids is 3. The average Bonchev–Trinajstić information content (AvgIpc) is 3.01. The maximum Gasteiger partial charge on any atom is 0.410 e. The topological polar surface area (TPSA) is 104 Å². The van der Waals surface area contributed by atoms with Gasteiger partial charge in [0.05, 0.1) is 17.5 Å². The number of fused-ring (bicyclic) bond motifs is 1. The van der Waals surface area contributed by atoms with Crippen LogP contribution in [0.1, 0.15) is 45.5 Å². The molecule has 2 aromatic rings. The zero-order valence-corrected chi connectivity index (χ0v) is 17.2. The van der Waals surface area contributed by atoms with Crippen molar-refractivity contribution in [3.63, 3.8) is 0 Å². The van der Waals surface area contributed by atoms with Crippen molar-refractivity contribution in [2.24, 2.45) is 0 Å². The summed E-state index contributed by atoms with van der Waals surface area (Å²) in [7, 11) is 1.49. The molecule has 1 atom stereocenters. The molecule has 0 aliphatic carbocycles. The number of rotatable bonds is 9. The second-order valence-corrected chi connectivity index (χ2v) is 7.35. The van der Waals surface area contributed by atoms with Crippen LogP contribution in [0, 0.1) is 0 Å². The summed E-state index contributed by atoms with van der Waals surface area (Å²) in [5.41, 5.74) is 1.57. The first-order valence-electron chi connectivity index (χ1n) is 9.99. The Morgan fingerprint density at radius 2 is 1.58 bits per heavy atom. The van der Waals surface area contributed by atoms with E-state index < -0.39 is 18.1 Å². The van der Waals surface area contributed by atoms with Crippen LogP contribution in [-0.4, -0.2) is 58.4 Å². The van der Waals surface area contributed by atoms with Gasteiger partial charge in [-0.15, -0.1) is 0 Å². The highest BCUT2D eigenvalue weighted by Gasteiger charge is 2.35. The van der Waals surface area contributed by atoms with Gasteiger partial charge in [0.15, 0.2) is 0 Å². The molecule has 8 nitrogen and oxygen atoms in total. The number of nitrogens with zero attached hydrogens (tertiary/aromatic N) is 2. The van der Waals surface area contributed by atoms with Crippen LogP contribution < -0.4 is 0 Å². The van der Waals surface area contributed by atoms with Crippen molar-refractivity contribution in [2.75, 3.05) is 13.6 Å². The van der Waals surface area contributed by atoms with E-state index in [0.717, 1.165) is 10.5 Å². The minimum Gasteiger partial charge on any atom is -0.481 e. The molecule has 3 amide bonds. The predicted molar refractivity (Wildman–Crippen MR) is 111 cm³/mol. The number of benzene rings is 2. The van der Waals surface area contributed by atoms with Crippen LogP contribution in [0.3, 0.4) is 0 Å². The van der Waals surface area contributed by atoms with Crippen LogP contribution >= 0.6 is 0 Å². The molecule has 3 rings (SSSR count). The Balaban J connectivity index is 1.56. The molecule has 0 unspecified atom stereocenters. The molecule has 0 saturated carbocycles. The van der Waals surface area contributed by atoms with Gasteiger partial charge in [0.25, 0.3) is 11.8 Å². The molecule has 1 aliphatic rings. The minimum absolute atomic E-state index is 0.0822. The highest BCUT2D eigenvalue weighted by molar-refractivity contribution is 6.21. The van der Waals surface area contributed by atoms with Gasteiger partial charge in [-0.3, -0.25) is 19.3 Å². The number of hydrogen-bond donors (Lipinski definition) is 1. The molecule has 1 heterocycles. The van der Waals surface area contributed by atoms with E-state index in [0.29, 0.717) is 24.0 Å². The summed E-state index contributed by atoms with van der Waals surface area (Å²) in [5, 5.41) is 9.24. The van der Waals surface area contributed by atoms with Crippen molar-refractivity contribution in [1.29, 1.82) is 0 Å². The highest BCUT2D eigenvalue weighted by atomic mass is 16.6. The van der Waals surface area contributed by atoms with E-state index in [1.165, 1.54) is 11.9 Å². The molecule has 0 spiro atoms. The van der Waals surface area contributed by atoms with Crippen molar-refractivity contribution >= 4 is 23.9 Å². The van der Waals surface area contributed by atoms with E-state index >= 15 is 0 Å². The van der Waals surface area contributed by atoms with Crippen molar-refractivity contribution in [3.8, 4) is 0 Å². The Bertz CT molecular complexity index is 940. The van der Waals surface area contributed by atoms with E-state index in [1.807, 2.05) is 30.3 Å². The number of hydrogen-bond acceptors (Lipinski definition) is 5. The molecule has 1 N–H and O–H groups in total. The van der Waals surface area contributed by atoms with Gasteiger partial charge in [0.1, 0.15) is 6.61 Å². The van der Waals surface area contributed by atoms with Crippen LogP contribution in [0.2, 0.25) is 0 Å². The van der Waals surface area contributed by atoms with Crippen LogP contribution in [0.15, 0.2) is 54.6 Å². The van der Waals surface area contributed by atoms with Crippen LogP contribution in [0.4, 0.5) is 4.79 Å². The van der Waals surface area contributed by atoms with Gasteiger partial charge in [0, 0.05) is 19.6 Å². The summed E-state index contributed by atoms with van der Waals surface area (Å²) in [6, 6.07) is 15.2. The monoisotopic (exact) mass is 424 g/mol. The maximum absolute atomic E-state index is 12.4. The first kappa shape index (κ1) is 22.0. The van der Waals surface area contributed by atoms with E-state index in [1.54, 1.807) is 24.3 Å². The quantitative estimate of drug-likeness (QED) is 0.620. The maximum atomic E-state index is 12.4. The van der Waals surface area contributed by atoms with Crippen molar-refractivity contribution in [2.45, 2.75) is 31.9 Å². The largest absolute Gasteiger partial charge is 0.481 e. The Morgan fingerprint density at radius 1 is 1.00 bits per heavy atom. The summed E-state index contributed by atoms with van der Waals surface area (Å²) in [6.07, 6.45) is -0.231. The minimum atomic E-state index is -1.05. The zero-order valence-electron chi connectivity index (χ0n) is 17.2. The van der Waals surface area contributed by atoms with E-state index in [-0.39, 0.29) is 31.4 Å². The van der Waals surface area contributed by atoms with Crippen LogP contribution in [0.25, 0.3) is 0 Å². The summed E-state index contributed by atoms with van der Waals surface area (Å²) in [4.78, 5) is 51.0. The number of aliphatic carboxylic acids is 1. The Labute approximate surface area is 180 Å². The third kappa shape index (κ3) is 5.28. The van der Waals surface area contributed by atoms with Gasteiger partial charge in [-0.25, -0.2) is 4.79 Å². The van der Waals surface area contributed by atoms with Crippen LogP contribution in [-0.2, 0) is 16.1 Å². The SMILES string of the molecule is CN(C(=O)OCc1ccccc1)[C@@H](CCCN1C(=O)c2ccccc2C1=O)CC(=O)O. The van der Waals surface area contributed by atoms with Gasteiger partial charge in [-0.2, -0.15) is 0 Å².